The Labute approximate surface area is 177 Å². The zero-order valence-corrected chi connectivity index (χ0v) is 17.0. The molecule has 0 radical (unpaired) electrons. The molecule has 4 aromatic rings. The Bertz CT molecular complexity index is 1360. The van der Waals surface area contributed by atoms with E-state index in [1.165, 1.54) is 10.5 Å². The molecule has 9 heteroatoms. The van der Waals surface area contributed by atoms with Crippen molar-refractivity contribution >= 4 is 22.6 Å². The number of ether oxygens (including phenoxy) is 1. The van der Waals surface area contributed by atoms with Crippen molar-refractivity contribution in [2.24, 2.45) is 0 Å². The molecule has 0 spiro atoms. The van der Waals surface area contributed by atoms with Gasteiger partial charge >= 0.3 is 0 Å². The van der Waals surface area contributed by atoms with Gasteiger partial charge in [-0.15, -0.1) is 0 Å². The first-order chi connectivity index (χ1) is 15.1. The number of rotatable bonds is 7. The molecule has 0 atom stereocenters. The third-order valence-corrected chi connectivity index (χ3v) is 4.94. The van der Waals surface area contributed by atoms with Crippen molar-refractivity contribution in [1.29, 1.82) is 5.41 Å². The van der Waals surface area contributed by atoms with Crippen LogP contribution in [0.3, 0.4) is 0 Å². The summed E-state index contributed by atoms with van der Waals surface area (Å²) in [4.78, 5) is 34.7. The van der Waals surface area contributed by atoms with E-state index in [4.69, 9.17) is 10.1 Å². The molecule has 0 fully saturated rings. The van der Waals surface area contributed by atoms with Crippen LogP contribution in [0.5, 0.6) is 0 Å². The van der Waals surface area contributed by atoms with E-state index in [0.29, 0.717) is 30.9 Å². The maximum atomic E-state index is 13.2. The summed E-state index contributed by atoms with van der Waals surface area (Å²) in [5.74, 6) is -0.416. The van der Waals surface area contributed by atoms with Crippen molar-refractivity contribution in [1.82, 2.24) is 24.3 Å². The minimum Gasteiger partial charge on any atom is -0.385 e. The molecule has 0 bridgehead atoms. The summed E-state index contributed by atoms with van der Waals surface area (Å²) in [7, 11) is 1.60. The lowest BCUT2D eigenvalue weighted by atomic mass is 10.1. The number of fused-ring (bicyclic) bond motifs is 2. The summed E-state index contributed by atoms with van der Waals surface area (Å²) in [5.41, 5.74) is 1.44. The second-order valence-electron chi connectivity index (χ2n) is 7.04. The number of nitrogens with one attached hydrogen (secondary N) is 2. The van der Waals surface area contributed by atoms with E-state index in [9.17, 15) is 9.59 Å². The Morgan fingerprint density at radius 2 is 2.13 bits per heavy atom. The van der Waals surface area contributed by atoms with Crippen molar-refractivity contribution in [2.75, 3.05) is 20.3 Å². The van der Waals surface area contributed by atoms with E-state index in [0.717, 1.165) is 5.56 Å². The van der Waals surface area contributed by atoms with Crippen LogP contribution in [0.25, 0.3) is 16.7 Å². The standard InChI is InChI=1S/C22H22N6O3/c1-31-11-5-9-25-21(29)16-12-17-20(26-18-7-2-3-10-27(18)22(17)30)28(19(16)23)14-15-6-4-8-24-13-15/h2-4,6-8,10,12-13,23H,5,9,11,14H2,1H3,(H,25,29). The predicted molar refractivity (Wildman–Crippen MR) is 115 cm³/mol. The first-order valence-corrected chi connectivity index (χ1v) is 9.85. The summed E-state index contributed by atoms with van der Waals surface area (Å²) < 4.78 is 8.01. The lowest BCUT2D eigenvalue weighted by molar-refractivity contribution is 0.0946. The highest BCUT2D eigenvalue weighted by atomic mass is 16.5. The fourth-order valence-electron chi connectivity index (χ4n) is 3.40. The highest BCUT2D eigenvalue weighted by Crippen LogP contribution is 2.12. The van der Waals surface area contributed by atoms with Crippen LogP contribution in [0.1, 0.15) is 22.3 Å². The maximum absolute atomic E-state index is 13.2. The molecule has 0 aliphatic heterocycles. The van der Waals surface area contributed by atoms with Crippen molar-refractivity contribution < 1.29 is 9.53 Å². The van der Waals surface area contributed by atoms with Gasteiger partial charge in [-0.3, -0.25) is 24.4 Å². The molecular weight excluding hydrogens is 396 g/mol. The molecule has 4 heterocycles. The van der Waals surface area contributed by atoms with Crippen LogP contribution in [0.15, 0.2) is 59.8 Å². The number of aromatic nitrogens is 4. The van der Waals surface area contributed by atoms with Crippen molar-refractivity contribution in [3.05, 3.63) is 82.0 Å². The van der Waals surface area contributed by atoms with Gasteiger partial charge in [0.2, 0.25) is 0 Å². The fraction of sp³-hybridized carbons (Fsp3) is 0.227. The number of nitrogens with zero attached hydrogens (tertiary/aromatic N) is 4. The molecule has 31 heavy (non-hydrogen) atoms. The lowest BCUT2D eigenvalue weighted by Crippen LogP contribution is -2.35. The molecule has 0 saturated heterocycles. The molecule has 0 aliphatic rings. The molecule has 0 saturated carbocycles. The van der Waals surface area contributed by atoms with E-state index in [1.54, 1.807) is 54.5 Å². The molecule has 1 amide bonds. The maximum Gasteiger partial charge on any atom is 0.267 e. The molecule has 2 N–H and O–H groups in total. The molecule has 4 rings (SSSR count). The van der Waals surface area contributed by atoms with Crippen LogP contribution in [-0.4, -0.2) is 45.1 Å². The van der Waals surface area contributed by atoms with E-state index in [1.807, 2.05) is 6.07 Å². The van der Waals surface area contributed by atoms with Crippen LogP contribution >= 0.6 is 0 Å². The van der Waals surface area contributed by atoms with Crippen LogP contribution in [0, 0.1) is 5.41 Å². The monoisotopic (exact) mass is 418 g/mol. The molecule has 158 valence electrons. The van der Waals surface area contributed by atoms with Crippen LogP contribution in [-0.2, 0) is 11.3 Å². The average Bonchev–Trinajstić information content (AvgIpc) is 2.79. The summed E-state index contributed by atoms with van der Waals surface area (Å²) in [6.45, 7) is 1.18. The van der Waals surface area contributed by atoms with Gasteiger partial charge in [-0.1, -0.05) is 12.1 Å². The molecule has 0 aromatic carbocycles. The van der Waals surface area contributed by atoms with Crippen LogP contribution in [0.2, 0.25) is 0 Å². The lowest BCUT2D eigenvalue weighted by Gasteiger charge is -2.15. The van der Waals surface area contributed by atoms with Crippen molar-refractivity contribution in [3.8, 4) is 0 Å². The number of hydrogen-bond donors (Lipinski definition) is 2. The Morgan fingerprint density at radius 3 is 2.90 bits per heavy atom. The number of amides is 1. The van der Waals surface area contributed by atoms with Gasteiger partial charge in [0.15, 0.2) is 0 Å². The highest BCUT2D eigenvalue weighted by molar-refractivity contribution is 5.96. The Kier molecular flexibility index (Phi) is 5.85. The molecule has 9 nitrogen and oxygen atoms in total. The zero-order chi connectivity index (χ0) is 21.8. The minimum atomic E-state index is -0.416. The van der Waals surface area contributed by atoms with Gasteiger partial charge in [-0.25, -0.2) is 4.98 Å². The van der Waals surface area contributed by atoms with Crippen LogP contribution in [0.4, 0.5) is 0 Å². The number of hydrogen-bond acceptors (Lipinski definition) is 6. The quantitative estimate of drug-likeness (QED) is 0.347. The zero-order valence-electron chi connectivity index (χ0n) is 17.0. The highest BCUT2D eigenvalue weighted by Gasteiger charge is 2.17. The molecule has 0 aliphatic carbocycles. The summed E-state index contributed by atoms with van der Waals surface area (Å²) in [5, 5.41) is 11.8. The number of carbonyl (C=O) groups is 1. The number of carbonyl (C=O) groups excluding carboxylic acids is 1. The van der Waals surface area contributed by atoms with E-state index in [-0.39, 0.29) is 28.5 Å². The number of methoxy groups -OCH3 is 1. The molecule has 4 aromatic heterocycles. The van der Waals surface area contributed by atoms with Crippen LogP contribution < -0.4 is 16.4 Å². The van der Waals surface area contributed by atoms with E-state index >= 15 is 0 Å². The largest absolute Gasteiger partial charge is 0.385 e. The Balaban J connectivity index is 1.90. The van der Waals surface area contributed by atoms with E-state index < -0.39 is 5.91 Å². The SMILES string of the molecule is COCCCNC(=O)c1cc2c(=O)n3ccccc3nc2n(Cc2cccnc2)c1=N. The van der Waals surface area contributed by atoms with Gasteiger partial charge in [0, 0.05) is 38.9 Å². The summed E-state index contributed by atoms with van der Waals surface area (Å²) >= 11 is 0. The molecule has 0 unspecified atom stereocenters. The van der Waals surface area contributed by atoms with E-state index in [2.05, 4.69) is 15.3 Å². The predicted octanol–water partition coefficient (Wildman–Crippen LogP) is 1.34. The third-order valence-electron chi connectivity index (χ3n) is 4.94. The summed E-state index contributed by atoms with van der Waals surface area (Å²) in [6.07, 6.45) is 5.63. The van der Waals surface area contributed by atoms with Gasteiger partial charge in [0.1, 0.15) is 16.8 Å². The Morgan fingerprint density at radius 1 is 1.26 bits per heavy atom. The average molecular weight is 418 g/mol. The first-order valence-electron chi connectivity index (χ1n) is 9.85. The van der Waals surface area contributed by atoms with Gasteiger partial charge < -0.3 is 14.6 Å². The van der Waals surface area contributed by atoms with Crippen molar-refractivity contribution in [3.63, 3.8) is 0 Å². The van der Waals surface area contributed by atoms with Crippen molar-refractivity contribution in [2.45, 2.75) is 13.0 Å². The second-order valence-corrected chi connectivity index (χ2v) is 7.04. The fourth-order valence-corrected chi connectivity index (χ4v) is 3.40. The van der Waals surface area contributed by atoms with Gasteiger partial charge in [0.25, 0.3) is 11.5 Å². The van der Waals surface area contributed by atoms with Gasteiger partial charge in [0.05, 0.1) is 17.5 Å². The minimum absolute atomic E-state index is 0.0206. The smallest absolute Gasteiger partial charge is 0.267 e. The summed E-state index contributed by atoms with van der Waals surface area (Å²) in [6, 6.07) is 10.4. The van der Waals surface area contributed by atoms with Gasteiger partial charge in [-0.2, -0.15) is 0 Å². The Hall–Kier alpha value is -3.85. The second kappa shape index (κ2) is 8.88. The third kappa shape index (κ3) is 4.08. The van der Waals surface area contributed by atoms with Gasteiger partial charge in [-0.05, 0) is 36.2 Å². The number of pyridine rings is 3. The molecular formula is C22H22N6O3. The first kappa shape index (κ1) is 20.4. The normalized spacial score (nSPS) is 11.1. The topological polar surface area (TPSA) is 114 Å².